The third kappa shape index (κ3) is 4.72. The second-order valence-electron chi connectivity index (χ2n) is 1.04. The van der Waals surface area contributed by atoms with Crippen molar-refractivity contribution in [3.8, 4) is 0 Å². The molecule has 0 aromatic carbocycles. The third-order valence-corrected chi connectivity index (χ3v) is 0.807. The van der Waals surface area contributed by atoms with Gasteiger partial charge in [0.05, 0.1) is 0 Å². The van der Waals surface area contributed by atoms with Crippen molar-refractivity contribution in [1.82, 2.24) is 0 Å². The number of hydrogen-bond acceptors (Lipinski definition) is 2. The van der Waals surface area contributed by atoms with Gasteiger partial charge in [0.15, 0.2) is 0 Å². The Morgan fingerprint density at radius 2 is 1.44 bits per heavy atom. The predicted octanol–water partition coefficient (Wildman–Crippen LogP) is -0.618. The molecule has 0 aliphatic carbocycles. The van der Waals surface area contributed by atoms with Gasteiger partial charge in [-0.3, -0.25) is 0 Å². The van der Waals surface area contributed by atoms with Crippen molar-refractivity contribution < 1.29 is 19.8 Å². The van der Waals surface area contributed by atoms with Gasteiger partial charge in [-0.25, -0.2) is 9.59 Å². The van der Waals surface area contributed by atoms with E-state index in [2.05, 4.69) is 0 Å². The molecule has 0 heterocycles. The number of halogens is 1. The van der Waals surface area contributed by atoms with Crippen molar-refractivity contribution in [2.75, 3.05) is 0 Å². The largest absolute Gasteiger partial charge is 0.480 e. The summed E-state index contributed by atoms with van der Waals surface area (Å²) in [7, 11) is 0. The first-order chi connectivity index (χ1) is 3.55. The van der Waals surface area contributed by atoms with Crippen LogP contribution in [0, 0.1) is 0 Å². The van der Waals surface area contributed by atoms with Gasteiger partial charge in [-0.2, -0.15) is 0 Å². The fraction of sp³-hybridized carbons (Fsp3) is 0.333. The van der Waals surface area contributed by atoms with Crippen LogP contribution in [0.15, 0.2) is 0 Å². The molecule has 0 atom stereocenters. The Balaban J connectivity index is 0. The molecule has 0 spiro atoms. The average molecular weight is 161 g/mol. The zero-order valence-electron chi connectivity index (χ0n) is 4.67. The Bertz CT molecular complexity index is 111. The van der Waals surface area contributed by atoms with Crippen LogP contribution in [0.3, 0.4) is 0 Å². The third-order valence-electron chi connectivity index (χ3n) is 0.434. The molecular weight excluding hydrogens is 158 g/mol. The van der Waals surface area contributed by atoms with E-state index in [4.69, 9.17) is 21.8 Å². The molecule has 0 rings (SSSR count). The van der Waals surface area contributed by atoms with Crippen LogP contribution in [-0.2, 0) is 9.59 Å². The Hall–Kier alpha value is 0.230. The van der Waals surface area contributed by atoms with Crippen molar-refractivity contribution >= 4 is 53.1 Å². The number of carboxylic acid groups (broad SMARTS) is 2. The fourth-order valence-corrected chi connectivity index (χ4v) is 0.106. The molecule has 0 saturated heterocycles. The molecule has 6 heteroatoms. The van der Waals surface area contributed by atoms with Gasteiger partial charge in [-0.05, 0) is 0 Å². The number of rotatable bonds is 2. The average Bonchev–Trinajstić information content (AvgIpc) is 1.64. The number of aliphatic carboxylic acids is 2. The molecular formula is C3H3ClNaO4. The SMILES string of the molecule is O=C(O)C(Cl)C(=O)O.[Na]. The Morgan fingerprint density at radius 1 is 1.22 bits per heavy atom. The van der Waals surface area contributed by atoms with Gasteiger partial charge in [0.25, 0.3) is 0 Å². The predicted molar refractivity (Wildman–Crippen MR) is 30.7 cm³/mol. The molecule has 0 aliphatic heterocycles. The molecule has 0 aromatic heterocycles. The molecule has 0 bridgehead atoms. The molecule has 0 aliphatic rings. The van der Waals surface area contributed by atoms with Gasteiger partial charge in [0, 0.05) is 29.6 Å². The first-order valence-corrected chi connectivity index (χ1v) is 2.09. The number of carboxylic acids is 2. The molecule has 4 nitrogen and oxygen atoms in total. The van der Waals surface area contributed by atoms with Gasteiger partial charge >= 0.3 is 11.9 Å². The van der Waals surface area contributed by atoms with E-state index in [1.807, 2.05) is 0 Å². The first-order valence-electron chi connectivity index (χ1n) is 1.65. The quantitative estimate of drug-likeness (QED) is 0.322. The molecule has 2 N–H and O–H groups in total. The van der Waals surface area contributed by atoms with Crippen LogP contribution in [0.2, 0.25) is 0 Å². The monoisotopic (exact) mass is 161 g/mol. The van der Waals surface area contributed by atoms with Gasteiger partial charge in [-0.1, -0.05) is 11.6 Å². The van der Waals surface area contributed by atoms with Crippen LogP contribution in [0.1, 0.15) is 0 Å². The van der Waals surface area contributed by atoms with Crippen LogP contribution in [0.5, 0.6) is 0 Å². The number of alkyl halides is 1. The normalized spacial score (nSPS) is 8.22. The second kappa shape index (κ2) is 5.05. The van der Waals surface area contributed by atoms with Crippen molar-refractivity contribution in [3.05, 3.63) is 0 Å². The Morgan fingerprint density at radius 3 is 1.44 bits per heavy atom. The van der Waals surface area contributed by atoms with Crippen LogP contribution >= 0.6 is 11.6 Å². The minimum Gasteiger partial charge on any atom is -0.480 e. The summed E-state index contributed by atoms with van der Waals surface area (Å²) in [5.74, 6) is -3.08. The van der Waals surface area contributed by atoms with E-state index in [9.17, 15) is 9.59 Å². The van der Waals surface area contributed by atoms with Crippen molar-refractivity contribution in [3.63, 3.8) is 0 Å². The van der Waals surface area contributed by atoms with E-state index in [0.717, 1.165) is 0 Å². The number of hydrogen-bond donors (Lipinski definition) is 2. The summed E-state index contributed by atoms with van der Waals surface area (Å²) in [5, 5.41) is 13.9. The number of carbonyl (C=O) groups is 2. The maximum atomic E-state index is 9.63. The van der Waals surface area contributed by atoms with Crippen molar-refractivity contribution in [2.45, 2.75) is 5.38 Å². The molecule has 0 unspecified atom stereocenters. The van der Waals surface area contributed by atoms with Crippen LogP contribution < -0.4 is 0 Å². The molecule has 0 aromatic rings. The van der Waals surface area contributed by atoms with Gasteiger partial charge in [0.1, 0.15) is 0 Å². The summed E-state index contributed by atoms with van der Waals surface area (Å²) in [6, 6.07) is 0. The van der Waals surface area contributed by atoms with Gasteiger partial charge in [-0.15, -0.1) is 0 Å². The minimum atomic E-state index is -1.82. The molecule has 0 fully saturated rings. The zero-order chi connectivity index (χ0) is 6.73. The maximum absolute atomic E-state index is 9.63. The molecule has 1 radical (unpaired) electrons. The minimum absolute atomic E-state index is 0. The van der Waals surface area contributed by atoms with E-state index in [0.29, 0.717) is 0 Å². The smallest absolute Gasteiger partial charge is 0.333 e. The topological polar surface area (TPSA) is 74.6 Å². The fourth-order valence-electron chi connectivity index (χ4n) is 0.106. The molecule has 9 heavy (non-hydrogen) atoms. The maximum Gasteiger partial charge on any atom is 0.333 e. The second-order valence-corrected chi connectivity index (χ2v) is 1.48. The van der Waals surface area contributed by atoms with Crippen LogP contribution in [0.25, 0.3) is 0 Å². The summed E-state index contributed by atoms with van der Waals surface area (Å²) in [6.45, 7) is 0. The van der Waals surface area contributed by atoms with E-state index in [1.54, 1.807) is 0 Å². The van der Waals surface area contributed by atoms with Crippen molar-refractivity contribution in [1.29, 1.82) is 0 Å². The summed E-state index contributed by atoms with van der Waals surface area (Å²) in [6.07, 6.45) is 0. The summed E-state index contributed by atoms with van der Waals surface area (Å²) >= 11 is 4.75. The van der Waals surface area contributed by atoms with E-state index in [-0.39, 0.29) is 29.6 Å². The summed E-state index contributed by atoms with van der Waals surface area (Å²) in [4.78, 5) is 19.3. The summed E-state index contributed by atoms with van der Waals surface area (Å²) in [5.41, 5.74) is 0. The first kappa shape index (κ1) is 12.0. The van der Waals surface area contributed by atoms with E-state index in [1.165, 1.54) is 0 Å². The van der Waals surface area contributed by atoms with Crippen LogP contribution in [-0.4, -0.2) is 57.1 Å². The van der Waals surface area contributed by atoms with Gasteiger partial charge in [0.2, 0.25) is 5.38 Å². The molecule has 47 valence electrons. The zero-order valence-corrected chi connectivity index (χ0v) is 7.42. The van der Waals surface area contributed by atoms with Crippen LogP contribution in [0.4, 0.5) is 0 Å². The van der Waals surface area contributed by atoms with E-state index >= 15 is 0 Å². The Kier molecular flexibility index (Phi) is 6.71. The molecule has 0 amide bonds. The molecule has 0 saturated carbocycles. The standard InChI is InChI=1S/C3H3ClO4.Na/c4-1(2(5)6)3(7)8;/h1H,(H,5,6)(H,7,8);. The van der Waals surface area contributed by atoms with Crippen molar-refractivity contribution in [2.24, 2.45) is 0 Å². The Labute approximate surface area is 78.1 Å². The van der Waals surface area contributed by atoms with Gasteiger partial charge < -0.3 is 10.2 Å². The van der Waals surface area contributed by atoms with E-state index < -0.39 is 17.3 Å². The summed E-state index contributed by atoms with van der Waals surface area (Å²) < 4.78 is 0.